The van der Waals surface area contributed by atoms with E-state index in [-0.39, 0.29) is 29.1 Å². The predicted molar refractivity (Wildman–Crippen MR) is 160 cm³/mol. The van der Waals surface area contributed by atoms with Gasteiger partial charge in [0.25, 0.3) is 10.0 Å². The summed E-state index contributed by atoms with van der Waals surface area (Å²) in [6.07, 6.45) is 0. The van der Waals surface area contributed by atoms with Gasteiger partial charge in [-0.15, -0.1) is 0 Å². The average molecular weight is 602 g/mol. The van der Waals surface area contributed by atoms with Gasteiger partial charge in [-0.3, -0.25) is 13.9 Å². The van der Waals surface area contributed by atoms with E-state index in [0.29, 0.717) is 23.1 Å². The van der Waals surface area contributed by atoms with Gasteiger partial charge in [0.2, 0.25) is 11.8 Å². The minimum absolute atomic E-state index is 0.0316. The van der Waals surface area contributed by atoms with Crippen LogP contribution in [0.15, 0.2) is 77.7 Å². The molecule has 0 radical (unpaired) electrons. The summed E-state index contributed by atoms with van der Waals surface area (Å²) >= 11 is 6.00. The van der Waals surface area contributed by atoms with Gasteiger partial charge in [-0.2, -0.15) is 0 Å². The first-order chi connectivity index (χ1) is 19.5. The zero-order valence-electron chi connectivity index (χ0n) is 23.8. The molecule has 0 spiro atoms. The second-order valence-corrected chi connectivity index (χ2v) is 11.9. The minimum atomic E-state index is -4.20. The molecule has 3 rings (SSSR count). The molecule has 0 aliphatic rings. The normalized spacial score (nSPS) is 12.0. The molecule has 9 nitrogen and oxygen atoms in total. The lowest BCUT2D eigenvalue weighted by Gasteiger charge is -2.32. The summed E-state index contributed by atoms with van der Waals surface area (Å²) in [5.74, 6) is 0.299. The van der Waals surface area contributed by atoms with Crippen molar-refractivity contribution in [2.45, 2.75) is 51.2 Å². The molecule has 220 valence electrons. The molecule has 0 heterocycles. The number of nitrogens with one attached hydrogen (secondary N) is 1. The zero-order valence-corrected chi connectivity index (χ0v) is 25.4. The standard InChI is InChI=1S/C30H36ClN3O6S/c1-6-40-27-15-11-25(12-16-27)34(41(37,38)28-17-9-24(31)10-18-28)20-29(35)33(22(4)30(36)32-21(2)3)19-23-7-13-26(39-5)14-8-23/h7-18,21-22H,6,19-20H2,1-5H3,(H,32,36)/t22-/m0/s1. The molecule has 0 aliphatic heterocycles. The van der Waals surface area contributed by atoms with E-state index in [0.717, 1.165) is 9.87 Å². The van der Waals surface area contributed by atoms with Crippen LogP contribution in [0.4, 0.5) is 5.69 Å². The number of benzene rings is 3. The van der Waals surface area contributed by atoms with E-state index in [1.807, 2.05) is 20.8 Å². The fraction of sp³-hybridized carbons (Fsp3) is 0.333. The Morgan fingerprint density at radius 2 is 1.49 bits per heavy atom. The lowest BCUT2D eigenvalue weighted by Crippen LogP contribution is -2.52. The molecular formula is C30H36ClN3O6S. The molecule has 41 heavy (non-hydrogen) atoms. The Labute approximate surface area is 247 Å². The van der Waals surface area contributed by atoms with Gasteiger partial charge in [-0.1, -0.05) is 23.7 Å². The highest BCUT2D eigenvalue weighted by Crippen LogP contribution is 2.27. The number of sulfonamides is 1. The third kappa shape index (κ3) is 8.37. The van der Waals surface area contributed by atoms with Crippen LogP contribution < -0.4 is 19.1 Å². The van der Waals surface area contributed by atoms with Crippen molar-refractivity contribution in [2.75, 3.05) is 24.6 Å². The number of amides is 2. The van der Waals surface area contributed by atoms with E-state index in [4.69, 9.17) is 21.1 Å². The van der Waals surface area contributed by atoms with Crippen molar-refractivity contribution in [3.05, 3.63) is 83.4 Å². The van der Waals surface area contributed by atoms with Crippen LogP contribution in [-0.2, 0) is 26.2 Å². The molecule has 0 unspecified atom stereocenters. The maximum atomic E-state index is 14.0. The van der Waals surface area contributed by atoms with Crippen molar-refractivity contribution in [2.24, 2.45) is 0 Å². The number of rotatable bonds is 13. The van der Waals surface area contributed by atoms with E-state index in [1.165, 1.54) is 29.2 Å². The van der Waals surface area contributed by atoms with E-state index in [9.17, 15) is 18.0 Å². The second-order valence-electron chi connectivity index (χ2n) is 9.60. The van der Waals surface area contributed by atoms with Gasteiger partial charge in [0.1, 0.15) is 24.1 Å². The maximum Gasteiger partial charge on any atom is 0.264 e. The van der Waals surface area contributed by atoms with Crippen molar-refractivity contribution >= 4 is 39.1 Å². The summed E-state index contributed by atoms with van der Waals surface area (Å²) in [5.41, 5.74) is 1.01. The Bertz CT molecular complexity index is 1410. The first kappa shape index (κ1) is 31.8. The van der Waals surface area contributed by atoms with Crippen LogP contribution in [0.5, 0.6) is 11.5 Å². The molecule has 0 bridgehead atoms. The number of methoxy groups -OCH3 is 1. The Hall–Kier alpha value is -3.76. The highest BCUT2D eigenvalue weighted by atomic mass is 35.5. The average Bonchev–Trinajstić information content (AvgIpc) is 2.95. The van der Waals surface area contributed by atoms with Crippen molar-refractivity contribution < 1.29 is 27.5 Å². The Kier molecular flexibility index (Phi) is 11.0. The largest absolute Gasteiger partial charge is 0.497 e. The number of ether oxygens (including phenoxy) is 2. The number of anilines is 1. The van der Waals surface area contributed by atoms with Crippen molar-refractivity contribution in [3.8, 4) is 11.5 Å². The zero-order chi connectivity index (χ0) is 30.2. The summed E-state index contributed by atoms with van der Waals surface area (Å²) in [5, 5.41) is 3.21. The fourth-order valence-corrected chi connectivity index (χ4v) is 5.59. The number of carbonyl (C=O) groups is 2. The Morgan fingerprint density at radius 1 is 0.902 bits per heavy atom. The predicted octanol–water partition coefficient (Wildman–Crippen LogP) is 4.88. The topological polar surface area (TPSA) is 105 Å². The molecule has 11 heteroatoms. The molecule has 3 aromatic carbocycles. The number of hydrogen-bond donors (Lipinski definition) is 1. The van der Waals surface area contributed by atoms with Crippen molar-refractivity contribution in [1.82, 2.24) is 10.2 Å². The molecule has 0 aromatic heterocycles. The quantitative estimate of drug-likeness (QED) is 0.299. The molecule has 0 saturated heterocycles. The first-order valence-electron chi connectivity index (χ1n) is 13.2. The number of halogens is 1. The van der Waals surface area contributed by atoms with E-state index in [1.54, 1.807) is 62.6 Å². The third-order valence-electron chi connectivity index (χ3n) is 6.23. The maximum absolute atomic E-state index is 14.0. The lowest BCUT2D eigenvalue weighted by atomic mass is 10.1. The Balaban J connectivity index is 2.02. The van der Waals surface area contributed by atoms with Crippen molar-refractivity contribution in [3.63, 3.8) is 0 Å². The van der Waals surface area contributed by atoms with Gasteiger partial charge < -0.3 is 19.7 Å². The molecule has 0 fully saturated rings. The van der Waals surface area contributed by atoms with Gasteiger partial charge in [-0.05, 0) is 93.9 Å². The van der Waals surface area contributed by atoms with E-state index >= 15 is 0 Å². The monoisotopic (exact) mass is 601 g/mol. The number of hydrogen-bond acceptors (Lipinski definition) is 6. The van der Waals surface area contributed by atoms with Gasteiger partial charge in [0.15, 0.2) is 0 Å². The van der Waals surface area contributed by atoms with Gasteiger partial charge in [0, 0.05) is 17.6 Å². The SMILES string of the molecule is CCOc1ccc(N(CC(=O)N(Cc2ccc(OC)cc2)[C@@H](C)C(=O)NC(C)C)S(=O)(=O)c2ccc(Cl)cc2)cc1. The summed E-state index contributed by atoms with van der Waals surface area (Å²) in [7, 11) is -2.65. The highest BCUT2D eigenvalue weighted by Gasteiger charge is 2.32. The summed E-state index contributed by atoms with van der Waals surface area (Å²) < 4.78 is 39.5. The molecule has 1 atom stereocenters. The first-order valence-corrected chi connectivity index (χ1v) is 15.0. The molecule has 0 aliphatic carbocycles. The summed E-state index contributed by atoms with van der Waals surface area (Å²) in [6, 6.07) is 18.2. The minimum Gasteiger partial charge on any atom is -0.497 e. The van der Waals surface area contributed by atoms with Crippen LogP contribution >= 0.6 is 11.6 Å². The fourth-order valence-electron chi connectivity index (χ4n) is 4.05. The molecule has 1 N–H and O–H groups in total. The molecule has 2 amide bonds. The van der Waals surface area contributed by atoms with E-state index in [2.05, 4.69) is 5.32 Å². The summed E-state index contributed by atoms with van der Waals surface area (Å²) in [4.78, 5) is 28.3. The van der Waals surface area contributed by atoms with Gasteiger partial charge >= 0.3 is 0 Å². The van der Waals surface area contributed by atoms with Crippen LogP contribution in [0, 0.1) is 0 Å². The molecule has 0 saturated carbocycles. The smallest absolute Gasteiger partial charge is 0.264 e. The third-order valence-corrected chi connectivity index (χ3v) is 8.27. The van der Waals surface area contributed by atoms with Crippen LogP contribution in [0.25, 0.3) is 0 Å². The van der Waals surface area contributed by atoms with Gasteiger partial charge in [-0.25, -0.2) is 8.42 Å². The van der Waals surface area contributed by atoms with Crippen LogP contribution in [0.2, 0.25) is 5.02 Å². The van der Waals surface area contributed by atoms with Crippen LogP contribution in [-0.4, -0.2) is 57.5 Å². The molecular weight excluding hydrogens is 566 g/mol. The van der Waals surface area contributed by atoms with E-state index < -0.39 is 28.5 Å². The lowest BCUT2D eigenvalue weighted by molar-refractivity contribution is -0.139. The summed E-state index contributed by atoms with van der Waals surface area (Å²) in [6.45, 7) is 7.09. The van der Waals surface area contributed by atoms with Crippen LogP contribution in [0.3, 0.4) is 0 Å². The van der Waals surface area contributed by atoms with Crippen LogP contribution in [0.1, 0.15) is 33.3 Å². The Morgan fingerprint density at radius 3 is 2.02 bits per heavy atom. The molecule has 3 aromatic rings. The van der Waals surface area contributed by atoms with Crippen molar-refractivity contribution in [1.29, 1.82) is 0 Å². The highest BCUT2D eigenvalue weighted by molar-refractivity contribution is 7.92. The second kappa shape index (κ2) is 14.2. The van der Waals surface area contributed by atoms with Gasteiger partial charge in [0.05, 0.1) is 24.3 Å². The number of carbonyl (C=O) groups excluding carboxylic acids is 2. The number of nitrogens with zero attached hydrogens (tertiary/aromatic N) is 2.